The minimum Gasteiger partial charge on any atom is -0.489 e. The number of hydrogen-bond acceptors (Lipinski definition) is 2. The van der Waals surface area contributed by atoms with Gasteiger partial charge in [-0.05, 0) is 25.1 Å². The van der Waals surface area contributed by atoms with Gasteiger partial charge >= 0.3 is 0 Å². The molecule has 1 unspecified atom stereocenters. The van der Waals surface area contributed by atoms with Gasteiger partial charge in [0.05, 0.1) is 5.02 Å². The van der Waals surface area contributed by atoms with Crippen molar-refractivity contribution >= 4 is 11.6 Å². The monoisotopic (exact) mass is 245 g/mol. The first-order valence-corrected chi connectivity index (χ1v) is 5.68. The van der Waals surface area contributed by atoms with Crippen molar-refractivity contribution in [2.24, 2.45) is 5.92 Å². The molecule has 0 spiro atoms. The molecule has 90 valence electrons. The number of rotatable bonds is 5. The van der Waals surface area contributed by atoms with Gasteiger partial charge in [0.2, 0.25) is 0 Å². The molecule has 0 aliphatic carbocycles. The van der Waals surface area contributed by atoms with Gasteiger partial charge < -0.3 is 10.1 Å². The highest BCUT2D eigenvalue weighted by Crippen LogP contribution is 2.23. The molecule has 4 heteroatoms. The van der Waals surface area contributed by atoms with Crippen molar-refractivity contribution in [3.63, 3.8) is 0 Å². The van der Waals surface area contributed by atoms with Crippen LogP contribution in [0.1, 0.15) is 13.8 Å². The summed E-state index contributed by atoms with van der Waals surface area (Å²) in [7, 11) is 1.87. The summed E-state index contributed by atoms with van der Waals surface area (Å²) in [6.07, 6.45) is 0.0477. The Balaban J connectivity index is 2.73. The second-order valence-corrected chi connectivity index (χ2v) is 4.44. The zero-order valence-electron chi connectivity index (χ0n) is 9.76. The van der Waals surface area contributed by atoms with Crippen LogP contribution in [-0.4, -0.2) is 19.7 Å². The molecule has 16 heavy (non-hydrogen) atoms. The average Bonchev–Trinajstić information content (AvgIpc) is 2.22. The Bertz CT molecular complexity index is 344. The van der Waals surface area contributed by atoms with Crippen LogP contribution in [0.5, 0.6) is 5.75 Å². The molecule has 0 bridgehead atoms. The highest BCUT2D eigenvalue weighted by Gasteiger charge is 2.14. The maximum Gasteiger partial charge on any atom is 0.142 e. The third-order valence-electron chi connectivity index (χ3n) is 2.33. The Morgan fingerprint density at radius 3 is 2.62 bits per heavy atom. The first kappa shape index (κ1) is 13.3. The van der Waals surface area contributed by atoms with Gasteiger partial charge in [0.25, 0.3) is 0 Å². The fourth-order valence-electron chi connectivity index (χ4n) is 1.34. The van der Waals surface area contributed by atoms with E-state index in [9.17, 15) is 4.39 Å². The van der Waals surface area contributed by atoms with Crippen LogP contribution in [-0.2, 0) is 0 Å². The number of likely N-dealkylation sites (N-methyl/N-ethyl adjacent to an activating group) is 1. The lowest BCUT2D eigenvalue weighted by Gasteiger charge is -2.22. The summed E-state index contributed by atoms with van der Waals surface area (Å²) in [4.78, 5) is 0. The summed E-state index contributed by atoms with van der Waals surface area (Å²) >= 11 is 5.68. The van der Waals surface area contributed by atoms with Gasteiger partial charge in [0.1, 0.15) is 17.7 Å². The smallest absolute Gasteiger partial charge is 0.142 e. The van der Waals surface area contributed by atoms with Crippen LogP contribution >= 0.6 is 11.6 Å². The Labute approximate surface area is 101 Å². The quantitative estimate of drug-likeness (QED) is 0.861. The van der Waals surface area contributed by atoms with Crippen molar-refractivity contribution < 1.29 is 9.13 Å². The van der Waals surface area contributed by atoms with Crippen LogP contribution in [0.25, 0.3) is 0 Å². The van der Waals surface area contributed by atoms with Crippen LogP contribution in [0.15, 0.2) is 18.2 Å². The molecule has 1 N–H and O–H groups in total. The number of ether oxygens (including phenoxy) is 1. The highest BCUT2D eigenvalue weighted by molar-refractivity contribution is 6.30. The van der Waals surface area contributed by atoms with E-state index in [1.165, 1.54) is 12.1 Å². The van der Waals surface area contributed by atoms with E-state index in [1.54, 1.807) is 6.07 Å². The molecular formula is C12H17ClFNO. The summed E-state index contributed by atoms with van der Waals surface area (Å²) in [5, 5.41) is 3.15. The summed E-state index contributed by atoms with van der Waals surface area (Å²) in [5.74, 6) is 0.542. The summed E-state index contributed by atoms with van der Waals surface area (Å²) in [5.41, 5.74) is 0. The minimum atomic E-state index is -0.427. The van der Waals surface area contributed by atoms with Crippen molar-refractivity contribution in [3.8, 4) is 5.75 Å². The lowest BCUT2D eigenvalue weighted by atomic mass is 10.1. The van der Waals surface area contributed by atoms with Crippen molar-refractivity contribution in [1.82, 2.24) is 5.32 Å². The van der Waals surface area contributed by atoms with E-state index in [-0.39, 0.29) is 11.1 Å². The van der Waals surface area contributed by atoms with Crippen molar-refractivity contribution in [1.29, 1.82) is 0 Å². The Morgan fingerprint density at radius 1 is 1.44 bits per heavy atom. The molecular weight excluding hydrogens is 229 g/mol. The second-order valence-electron chi connectivity index (χ2n) is 4.03. The van der Waals surface area contributed by atoms with Gasteiger partial charge in [-0.1, -0.05) is 25.4 Å². The van der Waals surface area contributed by atoms with E-state index < -0.39 is 5.82 Å². The fraction of sp³-hybridized carbons (Fsp3) is 0.500. The zero-order chi connectivity index (χ0) is 12.1. The summed E-state index contributed by atoms with van der Waals surface area (Å²) in [6.45, 7) is 4.90. The molecule has 1 atom stereocenters. The molecule has 0 fully saturated rings. The molecule has 0 radical (unpaired) electrons. The SMILES string of the molecule is CNCC(Oc1ccc(F)c(Cl)c1)C(C)C. The van der Waals surface area contributed by atoms with Gasteiger partial charge in [-0.25, -0.2) is 4.39 Å². The molecule has 0 amide bonds. The molecule has 1 aromatic carbocycles. The largest absolute Gasteiger partial charge is 0.489 e. The third-order valence-corrected chi connectivity index (χ3v) is 2.62. The molecule has 0 aliphatic heterocycles. The van der Waals surface area contributed by atoms with E-state index in [1.807, 2.05) is 7.05 Å². The number of nitrogens with one attached hydrogen (secondary N) is 1. The topological polar surface area (TPSA) is 21.3 Å². The number of benzene rings is 1. The van der Waals surface area contributed by atoms with Gasteiger partial charge in [-0.15, -0.1) is 0 Å². The van der Waals surface area contributed by atoms with E-state index >= 15 is 0 Å². The third kappa shape index (κ3) is 3.65. The summed E-state index contributed by atoms with van der Waals surface area (Å²) in [6, 6.07) is 4.41. The first-order chi connectivity index (χ1) is 7.54. The molecule has 0 heterocycles. The summed E-state index contributed by atoms with van der Waals surface area (Å²) < 4.78 is 18.7. The zero-order valence-corrected chi connectivity index (χ0v) is 10.5. The van der Waals surface area contributed by atoms with Crippen molar-refractivity contribution in [2.75, 3.05) is 13.6 Å². The van der Waals surface area contributed by atoms with Crippen molar-refractivity contribution in [3.05, 3.63) is 29.0 Å². The van der Waals surface area contributed by atoms with Crippen LogP contribution in [0.4, 0.5) is 4.39 Å². The predicted molar refractivity (Wildman–Crippen MR) is 64.6 cm³/mol. The lowest BCUT2D eigenvalue weighted by molar-refractivity contribution is 0.151. The van der Waals surface area contributed by atoms with Crippen molar-refractivity contribution in [2.45, 2.75) is 20.0 Å². The van der Waals surface area contributed by atoms with Crippen LogP contribution in [0.2, 0.25) is 5.02 Å². The number of halogens is 2. The maximum atomic E-state index is 12.9. The fourth-order valence-corrected chi connectivity index (χ4v) is 1.51. The number of hydrogen-bond donors (Lipinski definition) is 1. The Morgan fingerprint density at radius 2 is 2.12 bits per heavy atom. The van der Waals surface area contributed by atoms with Gasteiger partial charge in [0.15, 0.2) is 0 Å². The highest BCUT2D eigenvalue weighted by atomic mass is 35.5. The average molecular weight is 246 g/mol. The van der Waals surface area contributed by atoms with E-state index in [0.717, 1.165) is 6.54 Å². The van der Waals surface area contributed by atoms with Gasteiger partial charge in [-0.2, -0.15) is 0 Å². The standard InChI is InChI=1S/C12H17ClFNO/c1-8(2)12(7-15-3)16-9-4-5-11(14)10(13)6-9/h4-6,8,12,15H,7H2,1-3H3. The molecule has 0 aromatic heterocycles. The van der Waals surface area contributed by atoms with E-state index in [0.29, 0.717) is 11.7 Å². The second kappa shape index (κ2) is 6.06. The Kier molecular flexibility index (Phi) is 5.03. The molecule has 1 rings (SSSR count). The normalized spacial score (nSPS) is 12.9. The van der Waals surface area contributed by atoms with E-state index in [4.69, 9.17) is 16.3 Å². The van der Waals surface area contributed by atoms with Crippen LogP contribution in [0.3, 0.4) is 0 Å². The van der Waals surface area contributed by atoms with E-state index in [2.05, 4.69) is 19.2 Å². The minimum absolute atomic E-state index is 0.0477. The van der Waals surface area contributed by atoms with Crippen LogP contribution in [0, 0.1) is 11.7 Å². The molecule has 0 saturated heterocycles. The molecule has 2 nitrogen and oxygen atoms in total. The molecule has 0 saturated carbocycles. The first-order valence-electron chi connectivity index (χ1n) is 5.31. The lowest BCUT2D eigenvalue weighted by Crippen LogP contribution is -2.33. The van der Waals surface area contributed by atoms with Gasteiger partial charge in [-0.3, -0.25) is 0 Å². The molecule has 0 aliphatic rings. The predicted octanol–water partition coefficient (Wildman–Crippen LogP) is 3.10. The molecule has 1 aromatic rings. The Hall–Kier alpha value is -0.800. The maximum absolute atomic E-state index is 12.9. The van der Waals surface area contributed by atoms with Gasteiger partial charge in [0, 0.05) is 12.6 Å². The van der Waals surface area contributed by atoms with Crippen LogP contribution < -0.4 is 10.1 Å².